The van der Waals surface area contributed by atoms with E-state index in [1.165, 1.54) is 11.8 Å². The Bertz CT molecular complexity index is 519. The van der Waals surface area contributed by atoms with E-state index in [0.717, 1.165) is 20.1 Å². The first-order valence-electron chi connectivity index (χ1n) is 4.50. The lowest BCUT2D eigenvalue weighted by Gasteiger charge is -2.06. The van der Waals surface area contributed by atoms with Crippen molar-refractivity contribution < 1.29 is 0 Å². The topological polar surface area (TPSA) is 38.9 Å². The van der Waals surface area contributed by atoms with E-state index in [9.17, 15) is 0 Å². The SMILES string of the molecule is Nc1ccc(Br)cc1Sc1ncccc1Cl. The van der Waals surface area contributed by atoms with Gasteiger partial charge in [0.1, 0.15) is 5.03 Å². The summed E-state index contributed by atoms with van der Waals surface area (Å²) in [4.78, 5) is 5.14. The number of benzene rings is 1. The second kappa shape index (κ2) is 5.08. The zero-order valence-corrected chi connectivity index (χ0v) is 11.3. The first kappa shape index (κ1) is 11.8. The fraction of sp³-hybridized carbons (Fsp3) is 0. The number of pyridine rings is 1. The molecule has 2 nitrogen and oxygen atoms in total. The molecule has 5 heteroatoms. The molecule has 1 heterocycles. The minimum atomic E-state index is 0.631. The quantitative estimate of drug-likeness (QED) is 0.843. The molecule has 0 aliphatic carbocycles. The maximum atomic E-state index is 6.03. The predicted molar refractivity (Wildman–Crippen MR) is 71.9 cm³/mol. The average molecular weight is 316 g/mol. The van der Waals surface area contributed by atoms with Crippen molar-refractivity contribution in [2.45, 2.75) is 9.92 Å². The molecule has 2 N–H and O–H groups in total. The maximum absolute atomic E-state index is 6.03. The van der Waals surface area contributed by atoms with Crippen LogP contribution in [0.4, 0.5) is 5.69 Å². The Labute approximate surface area is 111 Å². The highest BCUT2D eigenvalue weighted by molar-refractivity contribution is 9.10. The minimum absolute atomic E-state index is 0.631. The van der Waals surface area contributed by atoms with Crippen LogP contribution < -0.4 is 5.73 Å². The third-order valence-corrected chi connectivity index (χ3v) is 3.91. The molecule has 0 aliphatic heterocycles. The van der Waals surface area contributed by atoms with Crippen LogP contribution in [0.5, 0.6) is 0 Å². The van der Waals surface area contributed by atoms with Gasteiger partial charge < -0.3 is 5.73 Å². The number of hydrogen-bond acceptors (Lipinski definition) is 3. The van der Waals surface area contributed by atoms with E-state index < -0.39 is 0 Å². The molecule has 2 rings (SSSR count). The second-order valence-electron chi connectivity index (χ2n) is 3.07. The summed E-state index contributed by atoms with van der Waals surface area (Å²) in [6.07, 6.45) is 1.71. The van der Waals surface area contributed by atoms with Gasteiger partial charge in [-0.05, 0) is 30.3 Å². The van der Waals surface area contributed by atoms with Gasteiger partial charge in [-0.25, -0.2) is 4.98 Å². The Kier molecular flexibility index (Phi) is 3.74. The van der Waals surface area contributed by atoms with Crippen molar-refractivity contribution in [2.24, 2.45) is 0 Å². The lowest BCUT2D eigenvalue weighted by Crippen LogP contribution is -1.89. The van der Waals surface area contributed by atoms with Crippen molar-refractivity contribution in [3.8, 4) is 0 Å². The van der Waals surface area contributed by atoms with E-state index in [1.807, 2.05) is 24.3 Å². The van der Waals surface area contributed by atoms with Crippen molar-refractivity contribution in [1.82, 2.24) is 4.98 Å². The van der Waals surface area contributed by atoms with Gasteiger partial charge in [0.25, 0.3) is 0 Å². The summed E-state index contributed by atoms with van der Waals surface area (Å²) >= 11 is 10.9. The summed E-state index contributed by atoms with van der Waals surface area (Å²) in [6.45, 7) is 0. The molecular formula is C11H8BrClN2S. The largest absolute Gasteiger partial charge is 0.398 e. The molecule has 0 bridgehead atoms. The van der Waals surface area contributed by atoms with Crippen LogP contribution in [0.15, 0.2) is 50.9 Å². The Balaban J connectivity index is 2.34. The molecule has 0 fully saturated rings. The number of nitrogen functional groups attached to an aromatic ring is 1. The lowest BCUT2D eigenvalue weighted by molar-refractivity contribution is 1.13. The molecule has 0 radical (unpaired) electrons. The molecule has 0 aliphatic rings. The Hall–Kier alpha value is -0.710. The first-order chi connectivity index (χ1) is 7.66. The third kappa shape index (κ3) is 2.70. The van der Waals surface area contributed by atoms with Gasteiger partial charge in [0.05, 0.1) is 5.02 Å². The van der Waals surface area contributed by atoms with Gasteiger partial charge in [-0.3, -0.25) is 0 Å². The normalized spacial score (nSPS) is 10.4. The zero-order valence-electron chi connectivity index (χ0n) is 8.15. The summed E-state index contributed by atoms with van der Waals surface area (Å²) in [5, 5.41) is 1.39. The highest BCUT2D eigenvalue weighted by Gasteiger charge is 2.06. The van der Waals surface area contributed by atoms with E-state index in [0.29, 0.717) is 5.02 Å². The fourth-order valence-electron chi connectivity index (χ4n) is 1.15. The molecule has 0 unspecified atom stereocenters. The van der Waals surface area contributed by atoms with Crippen LogP contribution in [0.1, 0.15) is 0 Å². The van der Waals surface area contributed by atoms with Gasteiger partial charge in [-0.2, -0.15) is 0 Å². The summed E-state index contributed by atoms with van der Waals surface area (Å²) in [6, 6.07) is 9.31. The molecule has 0 spiro atoms. The standard InChI is InChI=1S/C11H8BrClN2S/c12-7-3-4-9(14)10(6-7)16-11-8(13)2-1-5-15-11/h1-6H,14H2. The smallest absolute Gasteiger partial charge is 0.119 e. The number of nitrogens with two attached hydrogens (primary N) is 1. The van der Waals surface area contributed by atoms with E-state index in [1.54, 1.807) is 12.3 Å². The van der Waals surface area contributed by atoms with E-state index in [4.69, 9.17) is 17.3 Å². The summed E-state index contributed by atoms with van der Waals surface area (Å²) in [5.41, 5.74) is 6.59. The molecule has 2 aromatic rings. The van der Waals surface area contributed by atoms with Gasteiger partial charge in [0, 0.05) is 21.3 Å². The summed E-state index contributed by atoms with van der Waals surface area (Å²) in [5.74, 6) is 0. The number of anilines is 1. The Morgan fingerprint density at radius 2 is 2.12 bits per heavy atom. The third-order valence-electron chi connectivity index (χ3n) is 1.91. The highest BCUT2D eigenvalue weighted by Crippen LogP contribution is 2.35. The molecule has 0 saturated carbocycles. The van der Waals surface area contributed by atoms with Gasteiger partial charge in [0.2, 0.25) is 0 Å². The van der Waals surface area contributed by atoms with E-state index >= 15 is 0 Å². The van der Waals surface area contributed by atoms with Crippen LogP contribution in [-0.2, 0) is 0 Å². The van der Waals surface area contributed by atoms with Gasteiger partial charge in [-0.15, -0.1) is 0 Å². The van der Waals surface area contributed by atoms with Crippen LogP contribution in [0.3, 0.4) is 0 Å². The summed E-state index contributed by atoms with van der Waals surface area (Å²) in [7, 11) is 0. The first-order valence-corrected chi connectivity index (χ1v) is 6.49. The van der Waals surface area contributed by atoms with Crippen molar-refractivity contribution in [1.29, 1.82) is 0 Å². The van der Waals surface area contributed by atoms with E-state index in [-0.39, 0.29) is 0 Å². The zero-order chi connectivity index (χ0) is 11.5. The number of aromatic nitrogens is 1. The fourth-order valence-corrected chi connectivity index (χ4v) is 2.76. The molecule has 0 amide bonds. The molecule has 16 heavy (non-hydrogen) atoms. The Morgan fingerprint density at radius 1 is 1.31 bits per heavy atom. The average Bonchev–Trinajstić information content (AvgIpc) is 2.27. The molecular weight excluding hydrogens is 308 g/mol. The predicted octanol–water partition coefficient (Wildman–Crippen LogP) is 4.23. The second-order valence-corrected chi connectivity index (χ2v) is 5.43. The maximum Gasteiger partial charge on any atom is 0.119 e. The molecule has 0 saturated heterocycles. The monoisotopic (exact) mass is 314 g/mol. The lowest BCUT2D eigenvalue weighted by atomic mass is 10.3. The van der Waals surface area contributed by atoms with Crippen LogP contribution in [0.25, 0.3) is 0 Å². The Morgan fingerprint density at radius 3 is 2.88 bits per heavy atom. The highest BCUT2D eigenvalue weighted by atomic mass is 79.9. The van der Waals surface area contributed by atoms with Crippen LogP contribution in [-0.4, -0.2) is 4.98 Å². The van der Waals surface area contributed by atoms with Gasteiger partial charge in [0.15, 0.2) is 0 Å². The van der Waals surface area contributed by atoms with Crippen LogP contribution in [0, 0.1) is 0 Å². The molecule has 1 aromatic heterocycles. The van der Waals surface area contributed by atoms with Crippen molar-refractivity contribution >= 4 is 45.0 Å². The number of hydrogen-bond donors (Lipinski definition) is 1. The summed E-state index contributed by atoms with van der Waals surface area (Å²) < 4.78 is 0.983. The molecule has 82 valence electrons. The minimum Gasteiger partial charge on any atom is -0.398 e. The van der Waals surface area contributed by atoms with E-state index in [2.05, 4.69) is 20.9 Å². The van der Waals surface area contributed by atoms with Crippen molar-refractivity contribution in [3.05, 3.63) is 46.0 Å². The number of rotatable bonds is 2. The number of halogens is 2. The van der Waals surface area contributed by atoms with Crippen LogP contribution in [0.2, 0.25) is 5.02 Å². The van der Waals surface area contributed by atoms with Crippen molar-refractivity contribution in [2.75, 3.05) is 5.73 Å². The molecule has 0 atom stereocenters. The molecule has 1 aromatic carbocycles. The van der Waals surface area contributed by atoms with Crippen LogP contribution >= 0.6 is 39.3 Å². The number of nitrogens with zero attached hydrogens (tertiary/aromatic N) is 1. The van der Waals surface area contributed by atoms with Crippen molar-refractivity contribution in [3.63, 3.8) is 0 Å². The van der Waals surface area contributed by atoms with Gasteiger partial charge in [-0.1, -0.05) is 39.3 Å². The van der Waals surface area contributed by atoms with Gasteiger partial charge >= 0.3 is 0 Å².